The first-order valence-corrected chi connectivity index (χ1v) is 11.8. The maximum atomic E-state index is 2.42. The highest BCUT2D eigenvalue weighted by atomic mass is 14.4. The number of hydrogen-bond donors (Lipinski definition) is 0. The van der Waals surface area contributed by atoms with E-state index >= 15 is 0 Å². The average Bonchev–Trinajstić information content (AvgIpc) is 3.45. The zero-order chi connectivity index (χ0) is 22.5. The molecule has 0 atom stereocenters. The maximum absolute atomic E-state index is 2.42. The van der Waals surface area contributed by atoms with Crippen LogP contribution >= 0.6 is 0 Å². The highest BCUT2D eigenvalue weighted by Crippen LogP contribution is 2.58. The quantitative estimate of drug-likeness (QED) is 0.268. The van der Waals surface area contributed by atoms with Crippen molar-refractivity contribution < 1.29 is 0 Å². The fourth-order valence-corrected chi connectivity index (χ4v) is 5.57. The van der Waals surface area contributed by atoms with Gasteiger partial charge in [-0.3, -0.25) is 0 Å². The van der Waals surface area contributed by atoms with Crippen molar-refractivity contribution in [1.29, 1.82) is 0 Å². The van der Waals surface area contributed by atoms with Crippen LogP contribution in [0.5, 0.6) is 0 Å². The van der Waals surface area contributed by atoms with E-state index < -0.39 is 0 Å². The van der Waals surface area contributed by atoms with Crippen LogP contribution in [-0.4, -0.2) is 0 Å². The van der Waals surface area contributed by atoms with Crippen molar-refractivity contribution in [3.05, 3.63) is 161 Å². The summed E-state index contributed by atoms with van der Waals surface area (Å²) < 4.78 is 0. The minimum absolute atomic E-state index is 1.25. The molecule has 0 bridgehead atoms. The van der Waals surface area contributed by atoms with Crippen LogP contribution in [0.2, 0.25) is 0 Å². The molecule has 34 heavy (non-hydrogen) atoms. The summed E-state index contributed by atoms with van der Waals surface area (Å²) in [7, 11) is 0. The molecule has 7 rings (SSSR count). The first-order chi connectivity index (χ1) is 16.9. The van der Waals surface area contributed by atoms with Crippen molar-refractivity contribution in [2.45, 2.75) is 0 Å². The van der Waals surface area contributed by atoms with Crippen molar-refractivity contribution in [2.75, 3.05) is 0 Å². The van der Waals surface area contributed by atoms with Gasteiger partial charge in [0.15, 0.2) is 0 Å². The standard InChI is InChI=1S/C34H22/c1-4-13-24(14-5-1)31-30-22-29-27-19-11-10-12-23(27)20-21-28(29)34(30)33(26-17-8-3-9-18-26)32(31)25-15-6-2-7-16-25/h1-22H. The molecule has 2 aliphatic carbocycles. The molecule has 0 heterocycles. The van der Waals surface area contributed by atoms with Crippen LogP contribution in [0.15, 0.2) is 133 Å². The highest BCUT2D eigenvalue weighted by Gasteiger charge is 2.36. The summed E-state index contributed by atoms with van der Waals surface area (Å²) in [5.41, 5.74) is 13.1. The zero-order valence-corrected chi connectivity index (χ0v) is 18.7. The van der Waals surface area contributed by atoms with Gasteiger partial charge in [0.1, 0.15) is 0 Å². The minimum Gasteiger partial charge on any atom is -0.0622 e. The van der Waals surface area contributed by atoms with E-state index in [-0.39, 0.29) is 0 Å². The molecule has 158 valence electrons. The van der Waals surface area contributed by atoms with Crippen molar-refractivity contribution in [2.24, 2.45) is 0 Å². The number of allylic oxidation sites excluding steroid dienone is 5. The molecule has 0 fully saturated rings. The Labute approximate surface area is 199 Å². The zero-order valence-electron chi connectivity index (χ0n) is 18.7. The van der Waals surface area contributed by atoms with E-state index in [1.165, 1.54) is 66.5 Å². The molecule has 0 unspecified atom stereocenters. The van der Waals surface area contributed by atoms with E-state index in [4.69, 9.17) is 0 Å². The Morgan fingerprint density at radius 1 is 0.353 bits per heavy atom. The first kappa shape index (κ1) is 19.1. The molecule has 0 amide bonds. The largest absolute Gasteiger partial charge is 0.0622 e. The van der Waals surface area contributed by atoms with Gasteiger partial charge in [0.05, 0.1) is 0 Å². The smallest absolute Gasteiger partial charge is 0.00134 e. The van der Waals surface area contributed by atoms with Gasteiger partial charge in [0.25, 0.3) is 0 Å². The number of benzene rings is 5. The molecular formula is C34H22. The van der Waals surface area contributed by atoms with E-state index in [0.29, 0.717) is 0 Å². The highest BCUT2D eigenvalue weighted by molar-refractivity contribution is 6.38. The van der Waals surface area contributed by atoms with Gasteiger partial charge >= 0.3 is 0 Å². The van der Waals surface area contributed by atoms with Gasteiger partial charge in [-0.2, -0.15) is 0 Å². The third-order valence-electron chi connectivity index (χ3n) is 7.00. The molecule has 0 aromatic heterocycles. The molecule has 5 aromatic carbocycles. The lowest BCUT2D eigenvalue weighted by molar-refractivity contribution is 1.58. The van der Waals surface area contributed by atoms with Gasteiger partial charge in [-0.05, 0) is 72.5 Å². The Hall–Kier alpha value is -4.42. The Bertz CT molecular complexity index is 1650. The number of hydrogen-bond acceptors (Lipinski definition) is 0. The summed E-state index contributed by atoms with van der Waals surface area (Å²) in [5, 5.41) is 2.60. The summed E-state index contributed by atoms with van der Waals surface area (Å²) in [6.07, 6.45) is 2.42. The molecule has 0 heteroatoms. The SMILES string of the molecule is C1=C2C(c3ccccc3)=C(c3ccccc3)C(c3ccccc3)=C2c2ccc3ccccc3c21. The van der Waals surface area contributed by atoms with Gasteiger partial charge in [0.2, 0.25) is 0 Å². The maximum Gasteiger partial charge on any atom is -0.00134 e. The van der Waals surface area contributed by atoms with Crippen LogP contribution in [-0.2, 0) is 0 Å². The van der Waals surface area contributed by atoms with E-state index in [9.17, 15) is 0 Å². The number of fused-ring (bicyclic) bond motifs is 5. The molecule has 0 N–H and O–H groups in total. The van der Waals surface area contributed by atoms with Gasteiger partial charge in [0, 0.05) is 0 Å². The molecular weight excluding hydrogens is 408 g/mol. The Morgan fingerprint density at radius 3 is 1.47 bits per heavy atom. The van der Waals surface area contributed by atoms with E-state index in [0.717, 1.165) is 0 Å². The summed E-state index contributed by atoms with van der Waals surface area (Å²) in [6.45, 7) is 0. The van der Waals surface area contributed by atoms with Crippen molar-refractivity contribution >= 4 is 39.1 Å². The summed E-state index contributed by atoms with van der Waals surface area (Å²) in [4.78, 5) is 0. The summed E-state index contributed by atoms with van der Waals surface area (Å²) in [6, 6.07) is 45.9. The van der Waals surface area contributed by atoms with Crippen molar-refractivity contribution in [3.8, 4) is 0 Å². The average molecular weight is 431 g/mol. The first-order valence-electron chi connectivity index (χ1n) is 11.8. The lowest BCUT2D eigenvalue weighted by Gasteiger charge is -2.15. The lowest BCUT2D eigenvalue weighted by atomic mass is 9.88. The molecule has 0 aliphatic heterocycles. The van der Waals surface area contributed by atoms with Gasteiger partial charge < -0.3 is 0 Å². The molecule has 0 nitrogen and oxygen atoms in total. The van der Waals surface area contributed by atoms with Gasteiger partial charge in [-0.1, -0.05) is 127 Å². The molecule has 0 saturated carbocycles. The molecule has 0 saturated heterocycles. The minimum atomic E-state index is 1.25. The van der Waals surface area contributed by atoms with Crippen LogP contribution < -0.4 is 0 Å². The predicted octanol–water partition coefficient (Wildman–Crippen LogP) is 8.77. The molecule has 5 aromatic rings. The van der Waals surface area contributed by atoms with Crippen LogP contribution in [0.1, 0.15) is 27.8 Å². The van der Waals surface area contributed by atoms with Crippen LogP contribution in [0.4, 0.5) is 0 Å². The fourth-order valence-electron chi connectivity index (χ4n) is 5.57. The topological polar surface area (TPSA) is 0 Å². The predicted molar refractivity (Wildman–Crippen MR) is 145 cm³/mol. The Balaban J connectivity index is 1.63. The molecule has 2 aliphatic rings. The van der Waals surface area contributed by atoms with Crippen molar-refractivity contribution in [1.82, 2.24) is 0 Å². The van der Waals surface area contributed by atoms with Gasteiger partial charge in [-0.25, -0.2) is 0 Å². The lowest BCUT2D eigenvalue weighted by Crippen LogP contribution is -1.93. The van der Waals surface area contributed by atoms with E-state index in [2.05, 4.69) is 133 Å². The third kappa shape index (κ3) is 2.79. The second-order valence-corrected chi connectivity index (χ2v) is 8.90. The summed E-state index contributed by atoms with van der Waals surface area (Å²) >= 11 is 0. The van der Waals surface area contributed by atoms with Crippen LogP contribution in [0.3, 0.4) is 0 Å². The monoisotopic (exact) mass is 430 g/mol. The van der Waals surface area contributed by atoms with Crippen molar-refractivity contribution in [3.63, 3.8) is 0 Å². The van der Waals surface area contributed by atoms with Gasteiger partial charge in [-0.15, -0.1) is 0 Å². The molecule has 0 radical (unpaired) electrons. The number of rotatable bonds is 3. The second-order valence-electron chi connectivity index (χ2n) is 8.90. The van der Waals surface area contributed by atoms with Crippen LogP contribution in [0, 0.1) is 0 Å². The van der Waals surface area contributed by atoms with E-state index in [1.807, 2.05) is 0 Å². The van der Waals surface area contributed by atoms with Crippen LogP contribution in [0.25, 0.3) is 39.1 Å². The van der Waals surface area contributed by atoms with E-state index in [1.54, 1.807) is 0 Å². The third-order valence-corrected chi connectivity index (χ3v) is 7.00. The second kappa shape index (κ2) is 7.57. The Morgan fingerprint density at radius 2 is 0.853 bits per heavy atom. The Kier molecular flexibility index (Phi) is 4.25. The fraction of sp³-hybridized carbons (Fsp3) is 0. The normalized spacial score (nSPS) is 14.4. The molecule has 0 spiro atoms. The summed E-state index contributed by atoms with van der Waals surface area (Å²) in [5.74, 6) is 0.